The number of esters is 3. The van der Waals surface area contributed by atoms with E-state index in [0.717, 1.165) is 23.9 Å². The number of nitrogens with zero attached hydrogens (tertiary/aromatic N) is 1. The zero-order valence-electron chi connectivity index (χ0n) is 21.4. The van der Waals surface area contributed by atoms with Gasteiger partial charge in [-0.2, -0.15) is 0 Å². The molecule has 1 atom stereocenters. The second-order valence-corrected chi connectivity index (χ2v) is 10.9. The molecule has 2 amide bonds. The molecule has 1 rings (SSSR count). The highest BCUT2D eigenvalue weighted by Crippen LogP contribution is 2.25. The highest BCUT2D eigenvalue weighted by atomic mass is 32.2. The minimum Gasteiger partial charge on any atom is -0.462 e. The van der Waals surface area contributed by atoms with Crippen LogP contribution in [0.15, 0.2) is 12.2 Å². The quantitative estimate of drug-likeness (QED) is 0.139. The summed E-state index contributed by atoms with van der Waals surface area (Å²) >= 11 is 0.875. The van der Waals surface area contributed by atoms with Gasteiger partial charge in [0.05, 0.1) is 21.1 Å². The van der Waals surface area contributed by atoms with Crippen molar-refractivity contribution in [2.24, 2.45) is 5.41 Å². The highest BCUT2D eigenvalue weighted by Gasteiger charge is 2.40. The Morgan fingerprint density at radius 3 is 2.33 bits per heavy atom. The van der Waals surface area contributed by atoms with Gasteiger partial charge in [-0.25, -0.2) is 9.59 Å². The Hall–Kier alpha value is -2.93. The van der Waals surface area contributed by atoms with E-state index < -0.39 is 46.9 Å². The summed E-state index contributed by atoms with van der Waals surface area (Å²) in [4.78, 5) is 72.7. The lowest BCUT2D eigenvalue weighted by Crippen LogP contribution is -2.49. The molecule has 13 heteroatoms. The first kappa shape index (κ1) is 31.1. The SMILES string of the molecule is CC(C)(COC(=O)/C=C/C(=O)OCC[N+](C)(C)C)[C@H]1OC(=O)CC(=O)SCCNC(=O)CCNC1=O. The number of quaternary nitrogens is 1. The van der Waals surface area contributed by atoms with Gasteiger partial charge in [-0.1, -0.05) is 25.6 Å². The van der Waals surface area contributed by atoms with Crippen LogP contribution < -0.4 is 10.6 Å². The topological polar surface area (TPSA) is 154 Å². The Bertz CT molecular complexity index is 865. The van der Waals surface area contributed by atoms with Crippen molar-refractivity contribution >= 4 is 46.6 Å². The second-order valence-electron chi connectivity index (χ2n) is 9.77. The predicted octanol–water partition coefficient (Wildman–Crippen LogP) is -0.441. The summed E-state index contributed by atoms with van der Waals surface area (Å²) in [6.45, 7) is 3.75. The van der Waals surface area contributed by atoms with Gasteiger partial charge in [-0.05, 0) is 0 Å². The second kappa shape index (κ2) is 14.6. The third kappa shape index (κ3) is 13.2. The summed E-state index contributed by atoms with van der Waals surface area (Å²) in [6.07, 6.45) is -0.134. The minimum absolute atomic E-state index is 0.000395. The number of hydrogen-bond donors (Lipinski definition) is 2. The third-order valence-electron chi connectivity index (χ3n) is 4.77. The first-order valence-electron chi connectivity index (χ1n) is 11.4. The standard InChI is InChI=1S/C23H35N3O9S/c1-23(2,15-34-18(29)7-6-17(28)33-12-11-26(3,4)5)21-22(32)25-9-8-16(27)24-10-13-36-20(31)14-19(30)35-21/h6-7,21H,8-15H2,1-5H3,(H-,24,25,27,32)/p+1/b7-6+/t21-/m0/s1. The van der Waals surface area contributed by atoms with E-state index in [0.29, 0.717) is 16.8 Å². The van der Waals surface area contributed by atoms with E-state index in [9.17, 15) is 28.8 Å². The predicted molar refractivity (Wildman–Crippen MR) is 130 cm³/mol. The van der Waals surface area contributed by atoms with Gasteiger partial charge in [0.2, 0.25) is 5.91 Å². The monoisotopic (exact) mass is 530 g/mol. The summed E-state index contributed by atoms with van der Waals surface area (Å²) in [5, 5.41) is 4.68. The molecule has 0 bridgehead atoms. The molecular formula is C23H36N3O9S+. The van der Waals surface area contributed by atoms with Crippen LogP contribution in [-0.2, 0) is 43.0 Å². The van der Waals surface area contributed by atoms with Crippen LogP contribution in [-0.4, -0.2) is 105 Å². The number of ether oxygens (including phenoxy) is 3. The Morgan fingerprint density at radius 1 is 1.06 bits per heavy atom. The van der Waals surface area contributed by atoms with Gasteiger partial charge in [0.15, 0.2) is 11.2 Å². The number of thioether (sulfide) groups is 1. The molecule has 1 fully saturated rings. The molecule has 0 spiro atoms. The lowest BCUT2D eigenvalue weighted by atomic mass is 9.86. The van der Waals surface area contributed by atoms with Gasteiger partial charge in [-0.15, -0.1) is 0 Å². The molecule has 202 valence electrons. The van der Waals surface area contributed by atoms with Gasteiger partial charge in [0.1, 0.15) is 26.2 Å². The zero-order chi connectivity index (χ0) is 27.4. The van der Waals surface area contributed by atoms with Crippen LogP contribution in [0, 0.1) is 5.41 Å². The summed E-state index contributed by atoms with van der Waals surface area (Å²) in [5.74, 6) is -3.17. The van der Waals surface area contributed by atoms with E-state index in [-0.39, 0.29) is 38.6 Å². The summed E-state index contributed by atoms with van der Waals surface area (Å²) in [7, 11) is 5.83. The van der Waals surface area contributed by atoms with Crippen molar-refractivity contribution in [1.82, 2.24) is 10.6 Å². The van der Waals surface area contributed by atoms with Crippen molar-refractivity contribution in [1.29, 1.82) is 0 Å². The largest absolute Gasteiger partial charge is 0.462 e. The maximum atomic E-state index is 12.8. The molecule has 36 heavy (non-hydrogen) atoms. The number of hydrogen-bond acceptors (Lipinski definition) is 10. The fourth-order valence-corrected chi connectivity index (χ4v) is 3.38. The van der Waals surface area contributed by atoms with Crippen LogP contribution in [0.4, 0.5) is 0 Å². The van der Waals surface area contributed by atoms with Crippen LogP contribution in [0.1, 0.15) is 26.7 Å². The normalized spacial score (nSPS) is 19.1. The van der Waals surface area contributed by atoms with Gasteiger partial charge < -0.3 is 29.3 Å². The molecule has 1 heterocycles. The third-order valence-corrected chi connectivity index (χ3v) is 5.65. The van der Waals surface area contributed by atoms with Crippen molar-refractivity contribution in [2.75, 3.05) is 59.7 Å². The van der Waals surface area contributed by atoms with E-state index in [4.69, 9.17) is 14.2 Å². The molecule has 0 aromatic rings. The first-order valence-corrected chi connectivity index (χ1v) is 12.4. The van der Waals surface area contributed by atoms with E-state index in [1.54, 1.807) is 0 Å². The molecule has 1 aliphatic heterocycles. The molecule has 0 aromatic carbocycles. The molecule has 1 saturated heterocycles. The molecule has 0 aromatic heterocycles. The van der Waals surface area contributed by atoms with Gasteiger partial charge in [0.25, 0.3) is 5.91 Å². The molecule has 0 aliphatic carbocycles. The summed E-state index contributed by atoms with van der Waals surface area (Å²) in [5.41, 5.74) is -1.20. The van der Waals surface area contributed by atoms with E-state index in [1.165, 1.54) is 13.8 Å². The molecular weight excluding hydrogens is 494 g/mol. The Morgan fingerprint density at radius 2 is 1.69 bits per heavy atom. The molecule has 0 unspecified atom stereocenters. The molecule has 2 N–H and O–H groups in total. The van der Waals surface area contributed by atoms with E-state index >= 15 is 0 Å². The number of likely N-dealkylation sites (N-methyl/N-ethyl adjacent to an activating group) is 1. The molecule has 12 nitrogen and oxygen atoms in total. The average Bonchev–Trinajstić information content (AvgIpc) is 2.76. The lowest BCUT2D eigenvalue weighted by molar-refractivity contribution is -0.870. The fourth-order valence-electron chi connectivity index (χ4n) is 2.73. The van der Waals surface area contributed by atoms with Crippen LogP contribution in [0.5, 0.6) is 0 Å². The van der Waals surface area contributed by atoms with Crippen LogP contribution in [0.2, 0.25) is 0 Å². The Kier molecular flexibility index (Phi) is 12.6. The number of amides is 2. The fraction of sp³-hybridized carbons (Fsp3) is 0.652. The van der Waals surface area contributed by atoms with Gasteiger partial charge in [-0.3, -0.25) is 19.2 Å². The number of carbonyl (C=O) groups excluding carboxylic acids is 6. The smallest absolute Gasteiger partial charge is 0.331 e. The average molecular weight is 531 g/mol. The molecule has 0 radical (unpaired) electrons. The summed E-state index contributed by atoms with van der Waals surface area (Å²) in [6, 6.07) is 0. The molecule has 1 aliphatic rings. The number of nitrogens with one attached hydrogen (secondary N) is 2. The van der Waals surface area contributed by atoms with Crippen molar-refractivity contribution in [3.05, 3.63) is 12.2 Å². The number of rotatable bonds is 8. The lowest BCUT2D eigenvalue weighted by Gasteiger charge is -2.32. The van der Waals surface area contributed by atoms with Crippen LogP contribution in [0.25, 0.3) is 0 Å². The number of cyclic esters (lactones) is 1. The molecule has 0 saturated carbocycles. The van der Waals surface area contributed by atoms with Gasteiger partial charge >= 0.3 is 17.9 Å². The Labute approximate surface area is 215 Å². The zero-order valence-corrected chi connectivity index (χ0v) is 22.2. The van der Waals surface area contributed by atoms with Gasteiger partial charge in [0, 0.05) is 42.8 Å². The van der Waals surface area contributed by atoms with Crippen LogP contribution in [0.3, 0.4) is 0 Å². The summed E-state index contributed by atoms with van der Waals surface area (Å²) < 4.78 is 16.1. The maximum Gasteiger partial charge on any atom is 0.331 e. The van der Waals surface area contributed by atoms with Crippen molar-refractivity contribution in [2.45, 2.75) is 32.8 Å². The maximum absolute atomic E-state index is 12.8. The van der Waals surface area contributed by atoms with Crippen molar-refractivity contribution < 1.29 is 47.5 Å². The van der Waals surface area contributed by atoms with Crippen molar-refractivity contribution in [3.63, 3.8) is 0 Å². The van der Waals surface area contributed by atoms with E-state index in [2.05, 4.69) is 10.6 Å². The number of carbonyl (C=O) groups is 6. The first-order chi connectivity index (χ1) is 16.7. The van der Waals surface area contributed by atoms with Crippen molar-refractivity contribution in [3.8, 4) is 0 Å². The van der Waals surface area contributed by atoms with Crippen LogP contribution >= 0.6 is 11.8 Å². The highest BCUT2D eigenvalue weighted by molar-refractivity contribution is 8.13. The van der Waals surface area contributed by atoms with E-state index in [1.807, 2.05) is 21.1 Å². The Balaban J connectivity index is 2.77. The minimum atomic E-state index is -1.41.